The number of carbonyl (C=O) groups is 1. The molecular weight excluding hydrogens is 350 g/mol. The highest BCUT2D eigenvalue weighted by atomic mass is 16.5. The molecule has 2 N–H and O–H groups in total. The lowest BCUT2D eigenvalue weighted by molar-refractivity contribution is -0.0148. The molecule has 1 aliphatic heterocycles. The third-order valence-corrected chi connectivity index (χ3v) is 4.42. The van der Waals surface area contributed by atoms with Gasteiger partial charge in [0.1, 0.15) is 6.61 Å². The second-order valence-corrected chi connectivity index (χ2v) is 6.39. The van der Waals surface area contributed by atoms with E-state index < -0.39 is 0 Å². The summed E-state index contributed by atoms with van der Waals surface area (Å²) in [4.78, 5) is 21.7. The lowest BCUT2D eigenvalue weighted by Crippen LogP contribution is -2.48. The van der Waals surface area contributed by atoms with E-state index in [0.717, 1.165) is 16.6 Å². The first kappa shape index (κ1) is 17.5. The monoisotopic (exact) mass is 371 g/mol. The van der Waals surface area contributed by atoms with Crippen LogP contribution in [-0.2, 0) is 22.5 Å². The number of hydrogen-bond donors (Lipinski definition) is 2. The lowest BCUT2D eigenvalue weighted by Gasteiger charge is -2.32. The van der Waals surface area contributed by atoms with Crippen LogP contribution in [0, 0.1) is 0 Å². The molecule has 142 valence electrons. The molecule has 9 heteroatoms. The van der Waals surface area contributed by atoms with Crippen molar-refractivity contribution >= 4 is 22.6 Å². The Kier molecular flexibility index (Phi) is 5.03. The molecule has 0 spiro atoms. The molecule has 0 saturated carbocycles. The van der Waals surface area contributed by atoms with E-state index in [1.54, 1.807) is 12.0 Å². The number of morpholine rings is 1. The fourth-order valence-electron chi connectivity index (χ4n) is 3.12. The van der Waals surface area contributed by atoms with Gasteiger partial charge in [0.15, 0.2) is 5.82 Å². The first-order valence-corrected chi connectivity index (χ1v) is 8.76. The van der Waals surface area contributed by atoms with Gasteiger partial charge in [0, 0.05) is 43.0 Å². The van der Waals surface area contributed by atoms with Gasteiger partial charge in [-0.15, -0.1) is 0 Å². The van der Waals surface area contributed by atoms with Crippen molar-refractivity contribution in [3.05, 3.63) is 42.2 Å². The van der Waals surface area contributed by atoms with Gasteiger partial charge in [-0.2, -0.15) is 4.98 Å². The zero-order valence-electron chi connectivity index (χ0n) is 15.0. The van der Waals surface area contributed by atoms with Crippen LogP contribution in [-0.4, -0.2) is 59.0 Å². The average molecular weight is 371 g/mol. The summed E-state index contributed by atoms with van der Waals surface area (Å²) >= 11 is 0. The topological polar surface area (TPSA) is 106 Å². The number of nitrogens with zero attached hydrogens (tertiary/aromatic N) is 3. The van der Waals surface area contributed by atoms with Crippen molar-refractivity contribution in [1.29, 1.82) is 0 Å². The van der Waals surface area contributed by atoms with Gasteiger partial charge in [0.25, 0.3) is 0 Å². The van der Waals surface area contributed by atoms with Gasteiger partial charge in [0.2, 0.25) is 5.89 Å². The summed E-state index contributed by atoms with van der Waals surface area (Å²) in [5.41, 5.74) is 1.79. The van der Waals surface area contributed by atoms with Crippen molar-refractivity contribution in [3.8, 4) is 0 Å². The molecule has 2 amide bonds. The van der Waals surface area contributed by atoms with Gasteiger partial charge < -0.3 is 29.2 Å². The molecule has 2 aromatic heterocycles. The number of ether oxygens (including phenoxy) is 2. The number of aromatic amines is 1. The average Bonchev–Trinajstić information content (AvgIpc) is 3.31. The van der Waals surface area contributed by atoms with E-state index in [-0.39, 0.29) is 12.1 Å². The molecule has 0 bridgehead atoms. The van der Waals surface area contributed by atoms with E-state index in [1.807, 2.05) is 30.5 Å². The summed E-state index contributed by atoms with van der Waals surface area (Å²) < 4.78 is 15.9. The maximum absolute atomic E-state index is 12.6. The molecule has 1 atom stereocenters. The Hall–Kier alpha value is -2.91. The van der Waals surface area contributed by atoms with Gasteiger partial charge in [-0.25, -0.2) is 4.79 Å². The van der Waals surface area contributed by atoms with Crippen LogP contribution in [0.5, 0.6) is 0 Å². The van der Waals surface area contributed by atoms with Crippen LogP contribution in [0.15, 0.2) is 35.0 Å². The fraction of sp³-hybridized carbons (Fsp3) is 0.389. The van der Waals surface area contributed by atoms with E-state index >= 15 is 0 Å². The van der Waals surface area contributed by atoms with Gasteiger partial charge >= 0.3 is 6.03 Å². The van der Waals surface area contributed by atoms with Gasteiger partial charge in [-0.05, 0) is 24.3 Å². The number of aromatic nitrogens is 3. The summed E-state index contributed by atoms with van der Waals surface area (Å²) in [5, 5.41) is 7.84. The molecule has 3 heterocycles. The van der Waals surface area contributed by atoms with Crippen LogP contribution in [0.2, 0.25) is 0 Å². The van der Waals surface area contributed by atoms with Crippen molar-refractivity contribution in [1.82, 2.24) is 20.0 Å². The number of methoxy groups -OCH3 is 1. The molecule has 1 aromatic carbocycles. The molecule has 0 unspecified atom stereocenters. The minimum Gasteiger partial charge on any atom is -0.377 e. The molecule has 4 rings (SSSR count). The minimum atomic E-state index is -0.188. The van der Waals surface area contributed by atoms with Gasteiger partial charge in [0.05, 0.1) is 19.1 Å². The van der Waals surface area contributed by atoms with Crippen molar-refractivity contribution in [2.24, 2.45) is 0 Å². The Morgan fingerprint density at radius 3 is 3.26 bits per heavy atom. The number of rotatable bonds is 5. The third-order valence-electron chi connectivity index (χ3n) is 4.42. The van der Waals surface area contributed by atoms with Crippen molar-refractivity contribution in [3.63, 3.8) is 0 Å². The van der Waals surface area contributed by atoms with Crippen LogP contribution < -0.4 is 5.32 Å². The highest BCUT2D eigenvalue weighted by Crippen LogP contribution is 2.19. The summed E-state index contributed by atoms with van der Waals surface area (Å²) in [6.07, 6.45) is 2.14. The van der Waals surface area contributed by atoms with E-state index in [4.69, 9.17) is 14.0 Å². The Labute approximate surface area is 155 Å². The Bertz CT molecular complexity index is 921. The quantitative estimate of drug-likeness (QED) is 0.712. The molecular formula is C18H21N5O4. The fourth-order valence-corrected chi connectivity index (χ4v) is 3.12. The predicted molar refractivity (Wildman–Crippen MR) is 97.3 cm³/mol. The molecule has 3 aromatic rings. The number of H-pyrrole nitrogens is 1. The van der Waals surface area contributed by atoms with Crippen molar-refractivity contribution in [2.45, 2.75) is 19.1 Å². The largest absolute Gasteiger partial charge is 0.377 e. The zero-order chi connectivity index (χ0) is 18.6. The number of anilines is 1. The lowest BCUT2D eigenvalue weighted by atomic mass is 10.2. The Morgan fingerprint density at radius 2 is 2.37 bits per heavy atom. The molecule has 0 aliphatic carbocycles. The van der Waals surface area contributed by atoms with Gasteiger partial charge in [-0.1, -0.05) is 5.16 Å². The highest BCUT2D eigenvalue weighted by molar-refractivity contribution is 5.92. The Balaban J connectivity index is 1.35. The maximum Gasteiger partial charge on any atom is 0.322 e. The zero-order valence-corrected chi connectivity index (χ0v) is 15.0. The van der Waals surface area contributed by atoms with Crippen LogP contribution in [0.3, 0.4) is 0 Å². The number of hydrogen-bond acceptors (Lipinski definition) is 6. The van der Waals surface area contributed by atoms with Crippen molar-refractivity contribution < 1.29 is 18.8 Å². The van der Waals surface area contributed by atoms with E-state index in [2.05, 4.69) is 20.4 Å². The number of amides is 2. The van der Waals surface area contributed by atoms with Crippen molar-refractivity contribution in [2.75, 3.05) is 32.1 Å². The van der Waals surface area contributed by atoms with E-state index in [0.29, 0.717) is 44.4 Å². The SMILES string of the molecule is COCc1noc(C[C@H]2CN(C(=O)Nc3ccc4[nH]ccc4c3)CCO2)n1. The second kappa shape index (κ2) is 7.77. The summed E-state index contributed by atoms with van der Waals surface area (Å²) in [5.74, 6) is 0.977. The number of urea groups is 1. The Morgan fingerprint density at radius 1 is 1.44 bits per heavy atom. The molecule has 27 heavy (non-hydrogen) atoms. The predicted octanol–water partition coefficient (Wildman–Crippen LogP) is 2.17. The van der Waals surface area contributed by atoms with Crippen LogP contribution in [0.25, 0.3) is 10.9 Å². The highest BCUT2D eigenvalue weighted by Gasteiger charge is 2.26. The van der Waals surface area contributed by atoms with Gasteiger partial charge in [-0.3, -0.25) is 0 Å². The maximum atomic E-state index is 12.6. The summed E-state index contributed by atoms with van der Waals surface area (Å²) in [7, 11) is 1.57. The van der Waals surface area contributed by atoms with E-state index in [9.17, 15) is 4.79 Å². The first-order chi connectivity index (χ1) is 13.2. The summed E-state index contributed by atoms with van der Waals surface area (Å²) in [6, 6.07) is 7.59. The molecule has 1 fully saturated rings. The number of fused-ring (bicyclic) bond motifs is 1. The molecule has 9 nitrogen and oxygen atoms in total. The first-order valence-electron chi connectivity index (χ1n) is 8.76. The number of nitrogens with one attached hydrogen (secondary N) is 2. The summed E-state index contributed by atoms with van der Waals surface area (Å²) in [6.45, 7) is 1.76. The molecule has 0 radical (unpaired) electrons. The van der Waals surface area contributed by atoms with Crippen LogP contribution in [0.4, 0.5) is 10.5 Å². The minimum absolute atomic E-state index is 0.149. The molecule has 1 aliphatic rings. The smallest absolute Gasteiger partial charge is 0.322 e. The van der Waals surface area contributed by atoms with E-state index in [1.165, 1.54) is 0 Å². The molecule has 1 saturated heterocycles. The standard InChI is InChI=1S/C18H21N5O4/c1-25-11-16-21-17(27-22-16)9-14-10-23(6-7-26-14)18(24)20-13-2-3-15-12(8-13)4-5-19-15/h2-5,8,14,19H,6-7,9-11H2,1H3,(H,20,24)/t14-/m0/s1. The van der Waals surface area contributed by atoms with Crippen LogP contribution >= 0.6 is 0 Å². The second-order valence-electron chi connectivity index (χ2n) is 6.39. The third kappa shape index (κ3) is 4.09. The normalized spacial score (nSPS) is 17.4. The number of carbonyl (C=O) groups excluding carboxylic acids is 1. The van der Waals surface area contributed by atoms with Crippen LogP contribution in [0.1, 0.15) is 11.7 Å². The number of benzene rings is 1.